The maximum absolute atomic E-state index is 12.5. The number of ether oxygens (including phenoxy) is 3. The van der Waals surface area contributed by atoms with Crippen LogP contribution in [0.5, 0.6) is 0 Å². The van der Waals surface area contributed by atoms with Crippen LogP contribution in [0.3, 0.4) is 0 Å². The van der Waals surface area contributed by atoms with Crippen molar-refractivity contribution in [1.29, 1.82) is 0 Å². The fraction of sp³-hybridized carbons (Fsp3) is 0.907. The number of allylic oxidation sites excluding steroid dienone is 2. The van der Waals surface area contributed by atoms with Crippen LogP contribution in [0.2, 0.25) is 0 Å². The Balaban J connectivity index is 4.06. The van der Waals surface area contributed by atoms with Gasteiger partial charge in [0.05, 0.1) is 6.61 Å². The van der Waals surface area contributed by atoms with Gasteiger partial charge < -0.3 is 14.2 Å². The Labute approximate surface area is 299 Å². The molecule has 0 spiro atoms. The minimum absolute atomic E-state index is 0.0872. The van der Waals surface area contributed by atoms with Crippen LogP contribution >= 0.6 is 0 Å². The van der Waals surface area contributed by atoms with Gasteiger partial charge in [0.25, 0.3) is 0 Å². The largest absolute Gasteiger partial charge is 0.462 e. The van der Waals surface area contributed by atoms with Gasteiger partial charge >= 0.3 is 11.9 Å². The predicted molar refractivity (Wildman–Crippen MR) is 206 cm³/mol. The quantitative estimate of drug-likeness (QED) is 0.0368. The fourth-order valence-corrected chi connectivity index (χ4v) is 6.09. The Morgan fingerprint density at radius 2 is 0.812 bits per heavy atom. The first-order valence-corrected chi connectivity index (χ1v) is 21.2. The highest BCUT2D eigenvalue weighted by atomic mass is 16.6. The van der Waals surface area contributed by atoms with E-state index >= 15 is 0 Å². The third-order valence-electron chi connectivity index (χ3n) is 9.30. The van der Waals surface area contributed by atoms with E-state index in [0.717, 1.165) is 51.4 Å². The van der Waals surface area contributed by atoms with Gasteiger partial charge in [-0.05, 0) is 44.9 Å². The minimum Gasteiger partial charge on any atom is -0.462 e. The molecule has 0 bridgehead atoms. The van der Waals surface area contributed by atoms with Crippen molar-refractivity contribution < 1.29 is 23.8 Å². The molecular weight excluding hydrogens is 596 g/mol. The monoisotopic (exact) mass is 679 g/mol. The van der Waals surface area contributed by atoms with Gasteiger partial charge in [-0.25, -0.2) is 0 Å². The van der Waals surface area contributed by atoms with Gasteiger partial charge in [0.1, 0.15) is 6.61 Å². The average molecular weight is 679 g/mol. The molecule has 0 aromatic heterocycles. The number of hydrogen-bond donors (Lipinski definition) is 0. The third kappa shape index (κ3) is 37.5. The normalized spacial score (nSPS) is 12.1. The smallest absolute Gasteiger partial charge is 0.306 e. The van der Waals surface area contributed by atoms with E-state index in [4.69, 9.17) is 14.2 Å². The Morgan fingerprint density at radius 3 is 1.29 bits per heavy atom. The van der Waals surface area contributed by atoms with Gasteiger partial charge in [-0.3, -0.25) is 9.59 Å². The minimum atomic E-state index is -0.525. The average Bonchev–Trinajstić information content (AvgIpc) is 3.08. The Bertz CT molecular complexity index is 691. The molecule has 0 heterocycles. The zero-order chi connectivity index (χ0) is 35.0. The molecule has 0 fully saturated rings. The number of hydrogen-bond acceptors (Lipinski definition) is 5. The maximum atomic E-state index is 12.5. The van der Waals surface area contributed by atoms with Crippen molar-refractivity contribution >= 4 is 11.9 Å². The summed E-state index contributed by atoms with van der Waals surface area (Å²) in [4.78, 5) is 24.9. The number of esters is 2. The second-order valence-electron chi connectivity index (χ2n) is 14.3. The standard InChI is InChI=1S/C43H82O5/c1-4-7-10-13-15-17-19-21-23-25-27-29-32-35-38-46-39-41(48-43(45)37-34-30-12-9-6-3)40-47-42(44)36-33-31-28-26-24-22-20-18-16-14-11-8-5-2/h18,20,41H,4-17,19,21-40H2,1-3H3/b20-18-. The van der Waals surface area contributed by atoms with Crippen LogP contribution in [0.15, 0.2) is 12.2 Å². The molecule has 1 unspecified atom stereocenters. The molecular formula is C43H82O5. The van der Waals surface area contributed by atoms with Crippen molar-refractivity contribution in [1.82, 2.24) is 0 Å². The van der Waals surface area contributed by atoms with Crippen molar-refractivity contribution in [2.75, 3.05) is 19.8 Å². The molecule has 0 aromatic rings. The SMILES string of the molecule is CCCCCC/C=C\CCCCCCCC(=O)OCC(COCCCCCCCCCCCCCCCC)OC(=O)CCCCCCC. The molecule has 0 rings (SSSR count). The zero-order valence-electron chi connectivity index (χ0n) is 32.5. The lowest BCUT2D eigenvalue weighted by atomic mass is 10.0. The molecule has 0 aliphatic rings. The predicted octanol–water partition coefficient (Wildman–Crippen LogP) is 13.6. The summed E-state index contributed by atoms with van der Waals surface area (Å²) >= 11 is 0. The van der Waals surface area contributed by atoms with E-state index in [1.807, 2.05) is 0 Å². The maximum Gasteiger partial charge on any atom is 0.306 e. The summed E-state index contributed by atoms with van der Waals surface area (Å²) in [5, 5.41) is 0. The summed E-state index contributed by atoms with van der Waals surface area (Å²) in [6.45, 7) is 7.76. The molecule has 0 aromatic carbocycles. The van der Waals surface area contributed by atoms with Gasteiger partial charge in [-0.1, -0.05) is 181 Å². The van der Waals surface area contributed by atoms with Gasteiger partial charge in [0, 0.05) is 19.4 Å². The Kier molecular flexibility index (Phi) is 38.9. The number of unbranched alkanes of at least 4 members (excludes halogenated alkanes) is 26. The lowest BCUT2D eigenvalue weighted by Gasteiger charge is -2.18. The van der Waals surface area contributed by atoms with Crippen molar-refractivity contribution in [3.05, 3.63) is 12.2 Å². The first-order chi connectivity index (χ1) is 23.6. The lowest BCUT2D eigenvalue weighted by Crippen LogP contribution is -2.30. The van der Waals surface area contributed by atoms with Gasteiger partial charge in [-0.15, -0.1) is 0 Å². The summed E-state index contributed by atoms with van der Waals surface area (Å²) in [5.41, 5.74) is 0. The summed E-state index contributed by atoms with van der Waals surface area (Å²) in [7, 11) is 0. The van der Waals surface area contributed by atoms with Crippen LogP contribution in [-0.4, -0.2) is 37.9 Å². The highest BCUT2D eigenvalue weighted by Gasteiger charge is 2.17. The topological polar surface area (TPSA) is 61.8 Å². The second kappa shape index (κ2) is 40.1. The third-order valence-corrected chi connectivity index (χ3v) is 9.30. The molecule has 0 amide bonds. The molecule has 0 saturated carbocycles. The molecule has 5 nitrogen and oxygen atoms in total. The van der Waals surface area contributed by atoms with E-state index in [-0.39, 0.29) is 18.5 Å². The Hall–Kier alpha value is -1.36. The van der Waals surface area contributed by atoms with E-state index < -0.39 is 6.10 Å². The highest BCUT2D eigenvalue weighted by Crippen LogP contribution is 2.14. The van der Waals surface area contributed by atoms with Crippen LogP contribution in [-0.2, 0) is 23.8 Å². The number of carbonyl (C=O) groups is 2. The van der Waals surface area contributed by atoms with Crippen molar-refractivity contribution in [2.45, 2.75) is 232 Å². The second-order valence-corrected chi connectivity index (χ2v) is 14.3. The number of carbonyl (C=O) groups excluding carboxylic acids is 2. The molecule has 0 aliphatic carbocycles. The van der Waals surface area contributed by atoms with Crippen molar-refractivity contribution in [3.8, 4) is 0 Å². The molecule has 284 valence electrons. The molecule has 0 saturated heterocycles. The molecule has 0 aliphatic heterocycles. The van der Waals surface area contributed by atoms with Crippen LogP contribution in [0.4, 0.5) is 0 Å². The first kappa shape index (κ1) is 46.6. The first-order valence-electron chi connectivity index (χ1n) is 21.2. The van der Waals surface area contributed by atoms with E-state index in [0.29, 0.717) is 26.1 Å². The van der Waals surface area contributed by atoms with E-state index in [2.05, 4.69) is 32.9 Å². The van der Waals surface area contributed by atoms with Crippen molar-refractivity contribution in [3.63, 3.8) is 0 Å². The summed E-state index contributed by atoms with van der Waals surface area (Å²) in [5.74, 6) is -0.410. The van der Waals surface area contributed by atoms with Crippen LogP contribution in [0, 0.1) is 0 Å². The summed E-state index contributed by atoms with van der Waals surface area (Å²) in [6.07, 6.45) is 42.3. The number of rotatable bonds is 39. The Morgan fingerprint density at radius 1 is 0.438 bits per heavy atom. The summed E-state index contributed by atoms with van der Waals surface area (Å²) in [6, 6.07) is 0. The fourth-order valence-electron chi connectivity index (χ4n) is 6.09. The molecule has 5 heteroatoms. The van der Waals surface area contributed by atoms with Gasteiger partial charge in [0.2, 0.25) is 0 Å². The van der Waals surface area contributed by atoms with Crippen molar-refractivity contribution in [2.24, 2.45) is 0 Å². The van der Waals surface area contributed by atoms with Crippen LogP contribution in [0.25, 0.3) is 0 Å². The van der Waals surface area contributed by atoms with E-state index in [9.17, 15) is 9.59 Å². The van der Waals surface area contributed by atoms with Crippen LogP contribution in [0.1, 0.15) is 226 Å². The molecule has 1 atom stereocenters. The van der Waals surface area contributed by atoms with Gasteiger partial charge in [-0.2, -0.15) is 0 Å². The summed E-state index contributed by atoms with van der Waals surface area (Å²) < 4.78 is 17.2. The molecule has 0 N–H and O–H groups in total. The lowest BCUT2D eigenvalue weighted by molar-refractivity contribution is -0.163. The van der Waals surface area contributed by atoms with Gasteiger partial charge in [0.15, 0.2) is 6.10 Å². The van der Waals surface area contributed by atoms with E-state index in [1.165, 1.54) is 141 Å². The highest BCUT2D eigenvalue weighted by molar-refractivity contribution is 5.70. The van der Waals surface area contributed by atoms with Crippen LogP contribution < -0.4 is 0 Å². The zero-order valence-corrected chi connectivity index (χ0v) is 32.5. The van der Waals surface area contributed by atoms with E-state index in [1.54, 1.807) is 0 Å². The molecule has 48 heavy (non-hydrogen) atoms. The molecule has 0 radical (unpaired) electrons.